The van der Waals surface area contributed by atoms with Crippen LogP contribution in [-0.2, 0) is 0 Å². The Hall–Kier alpha value is -3.33. The molecule has 0 saturated carbocycles. The minimum atomic E-state index is 0.368. The Balaban J connectivity index is 1.59. The normalized spacial score (nSPS) is 10.8. The molecule has 2 heterocycles. The molecule has 4 aromatic rings. The fraction of sp³-hybridized carbons (Fsp3) is 0.125. The van der Waals surface area contributed by atoms with Gasteiger partial charge in [0.15, 0.2) is 5.82 Å². The van der Waals surface area contributed by atoms with Crippen LogP contribution in [0.25, 0.3) is 11.3 Å². The van der Waals surface area contributed by atoms with Crippen LogP contribution in [0.3, 0.4) is 0 Å². The van der Waals surface area contributed by atoms with E-state index in [1.54, 1.807) is 25.3 Å². The molecule has 0 saturated heterocycles. The topological polar surface area (TPSA) is 75.2 Å². The van der Waals surface area contributed by atoms with Crippen LogP contribution < -0.4 is 15.4 Å². The first kappa shape index (κ1) is 22.8. The first-order chi connectivity index (χ1) is 16.0. The maximum absolute atomic E-state index is 6.38. The van der Waals surface area contributed by atoms with Crippen molar-refractivity contribution in [1.82, 2.24) is 19.3 Å². The Bertz CT molecular complexity index is 1240. The van der Waals surface area contributed by atoms with Gasteiger partial charge in [-0.3, -0.25) is 4.31 Å². The van der Waals surface area contributed by atoms with Gasteiger partial charge >= 0.3 is 0 Å². The maximum Gasteiger partial charge on any atom is 0.238 e. The van der Waals surface area contributed by atoms with E-state index in [1.165, 1.54) is 0 Å². The van der Waals surface area contributed by atoms with E-state index in [9.17, 15) is 0 Å². The molecule has 2 N–H and O–H groups in total. The standard InChI is InChI=1S/C24H23ClN6OS/c1-31(2)33-21-12-8-7-11-19(21)27-22-17(25)15-26-24(30-22)29-20-14-13-18(28-23(20)32-3)16-9-5-4-6-10-16/h4-15H,1-3H3,(H2,26,27,29,30). The fourth-order valence-electron chi connectivity index (χ4n) is 3.07. The third-order valence-electron chi connectivity index (χ3n) is 4.53. The molecule has 0 atom stereocenters. The molecular weight excluding hydrogens is 456 g/mol. The molecule has 0 aliphatic carbocycles. The molecule has 33 heavy (non-hydrogen) atoms. The molecule has 2 aromatic heterocycles. The molecule has 0 bridgehead atoms. The van der Waals surface area contributed by atoms with Gasteiger partial charge in [-0.15, -0.1) is 0 Å². The van der Waals surface area contributed by atoms with E-state index in [0.717, 1.165) is 21.8 Å². The summed E-state index contributed by atoms with van der Waals surface area (Å²) in [5, 5.41) is 6.91. The van der Waals surface area contributed by atoms with Crippen LogP contribution in [0.15, 0.2) is 77.8 Å². The highest BCUT2D eigenvalue weighted by Gasteiger charge is 2.13. The average molecular weight is 479 g/mol. The number of ether oxygens (including phenoxy) is 1. The number of hydrogen-bond donors (Lipinski definition) is 2. The van der Waals surface area contributed by atoms with Gasteiger partial charge in [0, 0.05) is 10.5 Å². The van der Waals surface area contributed by atoms with Crippen molar-refractivity contribution >= 4 is 46.7 Å². The van der Waals surface area contributed by atoms with Crippen molar-refractivity contribution in [1.29, 1.82) is 0 Å². The lowest BCUT2D eigenvalue weighted by molar-refractivity contribution is 0.400. The molecule has 0 aliphatic heterocycles. The lowest BCUT2D eigenvalue weighted by atomic mass is 10.1. The quantitative estimate of drug-likeness (QED) is 0.287. The van der Waals surface area contributed by atoms with E-state index >= 15 is 0 Å². The minimum Gasteiger partial charge on any atom is -0.479 e. The van der Waals surface area contributed by atoms with E-state index < -0.39 is 0 Å². The lowest BCUT2D eigenvalue weighted by Crippen LogP contribution is -2.05. The number of nitrogens with zero attached hydrogens (tertiary/aromatic N) is 4. The Morgan fingerprint density at radius 3 is 2.39 bits per heavy atom. The predicted molar refractivity (Wildman–Crippen MR) is 136 cm³/mol. The summed E-state index contributed by atoms with van der Waals surface area (Å²) in [7, 11) is 5.56. The number of para-hydroxylation sites is 1. The number of hydrogen-bond acceptors (Lipinski definition) is 8. The van der Waals surface area contributed by atoms with Gasteiger partial charge in [-0.2, -0.15) is 4.98 Å². The summed E-state index contributed by atoms with van der Waals surface area (Å²) in [6.07, 6.45) is 1.55. The number of benzene rings is 2. The van der Waals surface area contributed by atoms with Gasteiger partial charge in [0.2, 0.25) is 11.8 Å². The number of aromatic nitrogens is 3. The van der Waals surface area contributed by atoms with Gasteiger partial charge in [0.25, 0.3) is 0 Å². The summed E-state index contributed by atoms with van der Waals surface area (Å²) >= 11 is 7.99. The molecule has 2 aromatic carbocycles. The van der Waals surface area contributed by atoms with Crippen LogP contribution in [0.1, 0.15) is 0 Å². The van der Waals surface area contributed by atoms with Crippen molar-refractivity contribution in [2.75, 3.05) is 31.8 Å². The molecule has 4 rings (SSSR count). The first-order valence-corrected chi connectivity index (χ1v) is 11.3. The first-order valence-electron chi connectivity index (χ1n) is 10.1. The lowest BCUT2D eigenvalue weighted by Gasteiger charge is -2.15. The largest absolute Gasteiger partial charge is 0.479 e. The van der Waals surface area contributed by atoms with Gasteiger partial charge in [-0.25, -0.2) is 9.97 Å². The molecule has 0 fully saturated rings. The fourth-order valence-corrected chi connectivity index (χ4v) is 3.96. The summed E-state index contributed by atoms with van der Waals surface area (Å²) in [4.78, 5) is 14.5. The van der Waals surface area contributed by atoms with Gasteiger partial charge in [0.05, 0.1) is 24.7 Å². The highest BCUT2D eigenvalue weighted by molar-refractivity contribution is 7.97. The zero-order chi connectivity index (χ0) is 23.2. The zero-order valence-electron chi connectivity index (χ0n) is 18.4. The van der Waals surface area contributed by atoms with E-state index in [-0.39, 0.29) is 0 Å². The van der Waals surface area contributed by atoms with E-state index in [4.69, 9.17) is 16.3 Å². The van der Waals surface area contributed by atoms with Crippen molar-refractivity contribution in [3.8, 4) is 17.1 Å². The monoisotopic (exact) mass is 478 g/mol. The van der Waals surface area contributed by atoms with Crippen LogP contribution in [0.5, 0.6) is 5.88 Å². The zero-order valence-corrected chi connectivity index (χ0v) is 20.0. The average Bonchev–Trinajstić information content (AvgIpc) is 2.83. The van der Waals surface area contributed by atoms with E-state index in [0.29, 0.717) is 28.4 Å². The number of anilines is 4. The molecule has 0 aliphatic rings. The molecule has 7 nitrogen and oxygen atoms in total. The van der Waals surface area contributed by atoms with Crippen molar-refractivity contribution in [3.63, 3.8) is 0 Å². The highest BCUT2D eigenvalue weighted by atomic mass is 35.5. The molecule has 168 valence electrons. The Morgan fingerprint density at radius 1 is 0.879 bits per heavy atom. The molecule has 0 amide bonds. The molecular formula is C24H23ClN6OS. The molecule has 0 spiro atoms. The summed E-state index contributed by atoms with van der Waals surface area (Å²) in [6.45, 7) is 0. The number of pyridine rings is 1. The number of rotatable bonds is 8. The van der Waals surface area contributed by atoms with Crippen molar-refractivity contribution < 1.29 is 4.74 Å². The Labute approximate surface area is 202 Å². The van der Waals surface area contributed by atoms with Crippen LogP contribution in [0.4, 0.5) is 23.1 Å². The van der Waals surface area contributed by atoms with Gasteiger partial charge in [-0.1, -0.05) is 54.1 Å². The smallest absolute Gasteiger partial charge is 0.238 e. The maximum atomic E-state index is 6.38. The second-order valence-electron chi connectivity index (χ2n) is 7.16. The summed E-state index contributed by atoms with van der Waals surface area (Å²) in [5.41, 5.74) is 3.36. The second kappa shape index (κ2) is 10.5. The minimum absolute atomic E-state index is 0.368. The second-order valence-corrected chi connectivity index (χ2v) is 8.92. The van der Waals surface area contributed by atoms with Crippen molar-refractivity contribution in [2.24, 2.45) is 0 Å². The van der Waals surface area contributed by atoms with Crippen molar-refractivity contribution in [2.45, 2.75) is 4.90 Å². The van der Waals surface area contributed by atoms with Crippen LogP contribution in [0.2, 0.25) is 5.02 Å². The van der Waals surface area contributed by atoms with Crippen LogP contribution >= 0.6 is 23.5 Å². The van der Waals surface area contributed by atoms with E-state index in [2.05, 4.69) is 25.6 Å². The SMILES string of the molecule is COc1nc(-c2ccccc2)ccc1Nc1ncc(Cl)c(Nc2ccccc2SN(C)C)n1. The molecule has 9 heteroatoms. The summed E-state index contributed by atoms with van der Waals surface area (Å²) in [5.74, 6) is 1.30. The van der Waals surface area contributed by atoms with Gasteiger partial charge in [0.1, 0.15) is 10.7 Å². The molecule has 0 unspecified atom stereocenters. The summed E-state index contributed by atoms with van der Waals surface area (Å²) < 4.78 is 7.53. The third kappa shape index (κ3) is 5.73. The third-order valence-corrected chi connectivity index (χ3v) is 5.73. The number of nitrogens with one attached hydrogen (secondary N) is 2. The van der Waals surface area contributed by atoms with E-state index in [1.807, 2.05) is 85.1 Å². The Morgan fingerprint density at radius 2 is 1.64 bits per heavy atom. The Kier molecular flexibility index (Phi) is 7.29. The van der Waals surface area contributed by atoms with Crippen LogP contribution in [0, 0.1) is 0 Å². The number of halogens is 1. The van der Waals surface area contributed by atoms with Gasteiger partial charge < -0.3 is 15.4 Å². The van der Waals surface area contributed by atoms with Crippen LogP contribution in [-0.4, -0.2) is 40.5 Å². The highest BCUT2D eigenvalue weighted by Crippen LogP contribution is 2.33. The van der Waals surface area contributed by atoms with Crippen molar-refractivity contribution in [3.05, 3.63) is 77.9 Å². The summed E-state index contributed by atoms with van der Waals surface area (Å²) in [6, 6.07) is 21.7. The van der Waals surface area contributed by atoms with Gasteiger partial charge in [-0.05, 0) is 50.3 Å². The predicted octanol–water partition coefficient (Wildman–Crippen LogP) is 6.26. The number of methoxy groups -OCH3 is 1. The molecule has 0 radical (unpaired) electrons.